The first kappa shape index (κ1) is 28.2. The molecule has 11 heteroatoms. The van der Waals surface area contributed by atoms with E-state index >= 15 is 0 Å². The van der Waals surface area contributed by atoms with Crippen LogP contribution in [0.1, 0.15) is 47.1 Å². The molecule has 4 unspecified atom stereocenters. The number of carboxylic acid groups (broad SMARTS) is 1. The minimum Gasteiger partial charge on any atom is -0.621 e. The maximum Gasteiger partial charge on any atom is 0.440 e. The number of hydrogen-bond acceptors (Lipinski definition) is 8. The van der Waals surface area contributed by atoms with Crippen molar-refractivity contribution in [3.05, 3.63) is 59.4 Å². The number of aromatic nitrogens is 1. The van der Waals surface area contributed by atoms with Crippen molar-refractivity contribution in [2.75, 3.05) is 5.06 Å². The van der Waals surface area contributed by atoms with E-state index in [1.165, 1.54) is 18.3 Å². The van der Waals surface area contributed by atoms with E-state index in [1.54, 1.807) is 71.9 Å². The Labute approximate surface area is 215 Å². The Morgan fingerprint density at radius 3 is 2.27 bits per heavy atom. The molecule has 1 aromatic heterocycles. The van der Waals surface area contributed by atoms with Gasteiger partial charge in [0.15, 0.2) is 5.82 Å². The van der Waals surface area contributed by atoms with Gasteiger partial charge in [0.1, 0.15) is 23.4 Å². The van der Waals surface area contributed by atoms with Gasteiger partial charge < -0.3 is 15.1 Å². The SMILES string of the molecule is CC(C)(C)OC(=O)N(OC(C)(C)C)c1cc(CC2C(C(=O)O)NC2C(=O)[NH+]([O-])c2ccccc2)ccn1. The van der Waals surface area contributed by atoms with Gasteiger partial charge in [-0.15, -0.1) is 5.06 Å². The summed E-state index contributed by atoms with van der Waals surface area (Å²) in [6, 6.07) is 9.38. The third kappa shape index (κ3) is 7.32. The van der Waals surface area contributed by atoms with Gasteiger partial charge in [-0.2, -0.15) is 0 Å². The largest absolute Gasteiger partial charge is 0.621 e. The second-order valence-electron chi connectivity index (χ2n) is 10.9. The van der Waals surface area contributed by atoms with Crippen molar-refractivity contribution in [3.63, 3.8) is 0 Å². The summed E-state index contributed by atoms with van der Waals surface area (Å²) in [6.07, 6.45) is 0.847. The highest BCUT2D eigenvalue weighted by molar-refractivity contribution is 5.85. The molecule has 2 amide bonds. The standard InChI is InChI=1S/C26H34N4O7/c1-25(2,3)36-24(34)30(37-26(4,5)6)19-15-16(12-13-27-19)14-18-20(28-21(18)23(32)33)22(31)29(35)17-10-8-7-9-11-17/h7-13,15,18,20-21,28-29H,14H2,1-6H3,(H,32,33). The number of hydroxylamine groups is 2. The molecule has 3 N–H and O–H groups in total. The van der Waals surface area contributed by atoms with E-state index in [1.807, 2.05) is 0 Å². The first-order chi connectivity index (χ1) is 17.2. The molecule has 1 saturated heterocycles. The summed E-state index contributed by atoms with van der Waals surface area (Å²) < 4.78 is 5.47. The lowest BCUT2D eigenvalue weighted by Crippen LogP contribution is -3.08. The van der Waals surface area contributed by atoms with Crippen LogP contribution in [0, 0.1) is 11.1 Å². The number of rotatable bonds is 7. The third-order valence-corrected chi connectivity index (χ3v) is 5.44. The normalized spacial score (nSPS) is 20.5. The van der Waals surface area contributed by atoms with Crippen LogP contribution in [-0.2, 0) is 25.6 Å². The molecule has 0 aliphatic carbocycles. The molecule has 1 aliphatic heterocycles. The molecule has 1 fully saturated rings. The van der Waals surface area contributed by atoms with Gasteiger partial charge in [-0.1, -0.05) is 18.2 Å². The van der Waals surface area contributed by atoms with E-state index < -0.39 is 52.2 Å². The average molecular weight is 515 g/mol. The number of carbonyl (C=O) groups is 3. The number of anilines is 1. The van der Waals surface area contributed by atoms with Crippen molar-refractivity contribution >= 4 is 29.5 Å². The topological polar surface area (TPSA) is 146 Å². The number of quaternary nitrogens is 1. The highest BCUT2D eigenvalue weighted by Gasteiger charge is 2.51. The summed E-state index contributed by atoms with van der Waals surface area (Å²) in [5.74, 6) is -2.37. The van der Waals surface area contributed by atoms with Gasteiger partial charge in [0.05, 0.1) is 5.60 Å². The Balaban J connectivity index is 1.85. The van der Waals surface area contributed by atoms with Gasteiger partial charge in [0, 0.05) is 12.1 Å². The van der Waals surface area contributed by atoms with Crippen LogP contribution >= 0.6 is 0 Å². The fourth-order valence-electron chi connectivity index (χ4n) is 3.87. The molecule has 0 saturated carbocycles. The number of carboxylic acids is 1. The minimum atomic E-state index is -1.12. The first-order valence-electron chi connectivity index (χ1n) is 12.0. The van der Waals surface area contributed by atoms with E-state index in [0.29, 0.717) is 5.56 Å². The van der Waals surface area contributed by atoms with Gasteiger partial charge in [-0.3, -0.25) is 20.0 Å². The van der Waals surface area contributed by atoms with Crippen LogP contribution in [-0.4, -0.2) is 51.3 Å². The van der Waals surface area contributed by atoms with Gasteiger partial charge in [-0.05, 0) is 77.8 Å². The molecule has 1 aliphatic rings. The number of nitrogens with one attached hydrogen (secondary N) is 2. The second-order valence-corrected chi connectivity index (χ2v) is 10.9. The summed E-state index contributed by atoms with van der Waals surface area (Å²) in [5.41, 5.74) is -0.681. The van der Waals surface area contributed by atoms with Crippen LogP contribution in [0.15, 0.2) is 48.7 Å². The van der Waals surface area contributed by atoms with Crippen molar-refractivity contribution in [3.8, 4) is 0 Å². The van der Waals surface area contributed by atoms with Crippen molar-refractivity contribution < 1.29 is 34.1 Å². The number of ether oxygens (including phenoxy) is 1. The Bertz CT molecular complexity index is 1130. The third-order valence-electron chi connectivity index (χ3n) is 5.44. The Kier molecular flexibility index (Phi) is 8.33. The van der Waals surface area contributed by atoms with E-state index in [4.69, 9.17) is 9.57 Å². The quantitative estimate of drug-likeness (QED) is 0.474. The molecule has 11 nitrogen and oxygen atoms in total. The van der Waals surface area contributed by atoms with Crippen molar-refractivity contribution in [2.45, 2.75) is 71.2 Å². The molecule has 2 heterocycles. The lowest BCUT2D eigenvalue weighted by atomic mass is 9.77. The van der Waals surface area contributed by atoms with Gasteiger partial charge in [0.2, 0.25) is 0 Å². The highest BCUT2D eigenvalue weighted by Crippen LogP contribution is 2.28. The highest BCUT2D eigenvalue weighted by atomic mass is 16.7. The Morgan fingerprint density at radius 2 is 1.70 bits per heavy atom. The molecular weight excluding hydrogens is 480 g/mol. The number of pyridine rings is 1. The Morgan fingerprint density at radius 1 is 1.05 bits per heavy atom. The predicted octanol–water partition coefficient (Wildman–Crippen LogP) is 2.38. The molecule has 0 radical (unpaired) electrons. The number of amides is 2. The number of nitrogens with zero attached hydrogens (tertiary/aromatic N) is 2. The van der Waals surface area contributed by atoms with E-state index in [2.05, 4.69) is 10.3 Å². The van der Waals surface area contributed by atoms with Gasteiger partial charge in [-0.25, -0.2) is 14.6 Å². The van der Waals surface area contributed by atoms with Crippen LogP contribution < -0.4 is 15.4 Å². The first-order valence-corrected chi connectivity index (χ1v) is 12.0. The lowest BCUT2D eigenvalue weighted by Gasteiger charge is -2.43. The maximum atomic E-state index is 12.9. The molecule has 4 atom stereocenters. The summed E-state index contributed by atoms with van der Waals surface area (Å²) in [7, 11) is 0. The van der Waals surface area contributed by atoms with Gasteiger partial charge >= 0.3 is 18.0 Å². The minimum absolute atomic E-state index is 0.143. The number of hydrogen-bond donors (Lipinski definition) is 3. The molecule has 0 spiro atoms. The lowest BCUT2D eigenvalue weighted by molar-refractivity contribution is -0.691. The maximum absolute atomic E-state index is 12.9. The van der Waals surface area contributed by atoms with E-state index in [-0.39, 0.29) is 17.9 Å². The molecule has 1 aromatic carbocycles. The number of para-hydroxylation sites is 1. The van der Waals surface area contributed by atoms with Crippen LogP contribution in [0.2, 0.25) is 0 Å². The zero-order valence-electron chi connectivity index (χ0n) is 21.8. The Hall–Kier alpha value is -3.38. The van der Waals surface area contributed by atoms with Gasteiger partial charge in [0.25, 0.3) is 0 Å². The van der Waals surface area contributed by atoms with Crippen molar-refractivity contribution in [1.29, 1.82) is 0 Å². The van der Waals surface area contributed by atoms with Crippen LogP contribution in [0.3, 0.4) is 0 Å². The van der Waals surface area contributed by atoms with Crippen molar-refractivity contribution in [1.82, 2.24) is 10.3 Å². The smallest absolute Gasteiger partial charge is 0.440 e. The number of carbonyl (C=O) groups excluding carboxylic acids is 2. The predicted molar refractivity (Wildman–Crippen MR) is 135 cm³/mol. The fourth-order valence-corrected chi connectivity index (χ4v) is 3.87. The monoisotopic (exact) mass is 514 g/mol. The zero-order chi connectivity index (χ0) is 27.5. The average Bonchev–Trinajstić information content (AvgIpc) is 2.78. The summed E-state index contributed by atoms with van der Waals surface area (Å²) in [4.78, 5) is 47.7. The summed E-state index contributed by atoms with van der Waals surface area (Å²) in [5, 5.41) is 25.3. The van der Waals surface area contributed by atoms with Crippen LogP contribution in [0.5, 0.6) is 0 Å². The molecule has 0 bridgehead atoms. The summed E-state index contributed by atoms with van der Waals surface area (Å²) in [6.45, 7) is 10.5. The number of benzene rings is 1. The van der Waals surface area contributed by atoms with Crippen LogP contribution in [0.25, 0.3) is 0 Å². The molecule has 200 valence electrons. The molecular formula is C26H34N4O7. The van der Waals surface area contributed by atoms with E-state index in [0.717, 1.165) is 5.06 Å². The second kappa shape index (κ2) is 10.9. The number of aliphatic carboxylic acids is 1. The van der Waals surface area contributed by atoms with E-state index in [9.17, 15) is 24.7 Å². The zero-order valence-corrected chi connectivity index (χ0v) is 21.8. The van der Waals surface area contributed by atoms with Crippen molar-refractivity contribution in [2.24, 2.45) is 5.92 Å². The fraction of sp³-hybridized carbons (Fsp3) is 0.462. The molecule has 2 aromatic rings. The molecule has 37 heavy (non-hydrogen) atoms. The molecule has 3 rings (SSSR count). The summed E-state index contributed by atoms with van der Waals surface area (Å²) >= 11 is 0. The van der Waals surface area contributed by atoms with Crippen LogP contribution in [0.4, 0.5) is 16.3 Å².